The van der Waals surface area contributed by atoms with Crippen molar-refractivity contribution < 1.29 is 19.0 Å². The summed E-state index contributed by atoms with van der Waals surface area (Å²) in [5.74, 6) is 4.44. The molecule has 2 fully saturated rings. The van der Waals surface area contributed by atoms with Gasteiger partial charge in [0.25, 0.3) is 0 Å². The number of rotatable bonds is 6. The predicted octanol–water partition coefficient (Wildman–Crippen LogP) is 7.75. The van der Waals surface area contributed by atoms with E-state index in [4.69, 9.17) is 14.2 Å². The van der Waals surface area contributed by atoms with E-state index in [-0.39, 0.29) is 16.2 Å². The Bertz CT molecular complexity index is 1250. The molecule has 4 aliphatic rings. The van der Waals surface area contributed by atoms with Crippen molar-refractivity contribution in [1.82, 2.24) is 4.90 Å². The average molecular weight is 580 g/mol. The van der Waals surface area contributed by atoms with Crippen LogP contribution in [0.4, 0.5) is 0 Å². The van der Waals surface area contributed by atoms with Gasteiger partial charge in [-0.15, -0.1) is 23.5 Å². The van der Waals surface area contributed by atoms with Gasteiger partial charge in [-0.05, 0) is 107 Å². The lowest BCUT2D eigenvalue weighted by molar-refractivity contribution is -0.143. The molecule has 1 aliphatic carbocycles. The van der Waals surface area contributed by atoms with Crippen molar-refractivity contribution in [2.75, 3.05) is 37.7 Å². The van der Waals surface area contributed by atoms with Crippen molar-refractivity contribution in [3.05, 3.63) is 59.2 Å². The summed E-state index contributed by atoms with van der Waals surface area (Å²) in [6.07, 6.45) is 7.06. The van der Waals surface area contributed by atoms with Gasteiger partial charge in [-0.25, -0.2) is 0 Å². The Morgan fingerprint density at radius 3 is 2.48 bits per heavy atom. The van der Waals surface area contributed by atoms with E-state index in [0.717, 1.165) is 48.6 Å². The summed E-state index contributed by atoms with van der Waals surface area (Å²) in [6.45, 7) is 9.69. The van der Waals surface area contributed by atoms with Gasteiger partial charge in [0.05, 0.1) is 9.49 Å². The molecule has 0 unspecified atom stereocenters. The molecule has 5 nitrogen and oxygen atoms in total. The van der Waals surface area contributed by atoms with Crippen LogP contribution in [0.5, 0.6) is 17.2 Å². The van der Waals surface area contributed by atoms with Crippen LogP contribution in [0.2, 0.25) is 0 Å². The van der Waals surface area contributed by atoms with E-state index in [9.17, 15) is 4.79 Å². The highest BCUT2D eigenvalue weighted by Gasteiger charge is 2.44. The van der Waals surface area contributed by atoms with Crippen LogP contribution in [0.25, 0.3) is 5.57 Å². The molecule has 6 rings (SSSR count). The number of likely N-dealkylation sites (tertiary alicyclic amines) is 1. The highest BCUT2D eigenvalue weighted by Crippen LogP contribution is 2.59. The number of carbonyl (C=O) groups excluding carboxylic acids is 1. The standard InChI is InChI=1S/C33H41NO4S2/c1-32(2,3)31(35)37-25-11-12-27-26-13-14-33(39-19-20-40-33)22-28(26)30(38-29(27)21-25)23-7-9-24(10-8-23)36-18-17-34-15-5-4-6-16-34/h7-12,21,30H,4-6,13-20,22H2,1-3H3/t30-/m1/s1. The van der Waals surface area contributed by atoms with Crippen LogP contribution in [0.3, 0.4) is 0 Å². The topological polar surface area (TPSA) is 48.0 Å². The molecule has 214 valence electrons. The number of hydrogen-bond acceptors (Lipinski definition) is 7. The van der Waals surface area contributed by atoms with Gasteiger partial charge in [-0.3, -0.25) is 9.69 Å². The molecule has 40 heavy (non-hydrogen) atoms. The zero-order valence-corrected chi connectivity index (χ0v) is 25.6. The van der Waals surface area contributed by atoms with Crippen molar-refractivity contribution in [1.29, 1.82) is 0 Å². The minimum absolute atomic E-state index is 0.155. The maximum absolute atomic E-state index is 12.6. The van der Waals surface area contributed by atoms with E-state index in [2.05, 4.69) is 58.8 Å². The Labute approximate surface area is 247 Å². The second kappa shape index (κ2) is 11.7. The molecule has 0 N–H and O–H groups in total. The van der Waals surface area contributed by atoms with Gasteiger partial charge in [-0.2, -0.15) is 0 Å². The molecule has 7 heteroatoms. The highest BCUT2D eigenvalue weighted by atomic mass is 32.2. The number of esters is 1. The molecular formula is C33H41NO4S2. The van der Waals surface area contributed by atoms with E-state index in [0.29, 0.717) is 5.75 Å². The molecule has 0 amide bonds. The van der Waals surface area contributed by atoms with Crippen LogP contribution in [-0.4, -0.2) is 52.7 Å². The minimum atomic E-state index is -0.569. The van der Waals surface area contributed by atoms with Gasteiger partial charge in [0.15, 0.2) is 0 Å². The Morgan fingerprint density at radius 1 is 1.02 bits per heavy atom. The number of nitrogens with zero attached hydrogens (tertiary/aromatic N) is 1. The van der Waals surface area contributed by atoms with Gasteiger partial charge in [0, 0.05) is 29.7 Å². The van der Waals surface area contributed by atoms with E-state index in [1.54, 1.807) is 0 Å². The summed E-state index contributed by atoms with van der Waals surface area (Å²) in [6, 6.07) is 14.4. The SMILES string of the molecule is CC(C)(C)C(=O)Oc1ccc2c(c1)O[C@H](c1ccc(OCCN3CCCCC3)cc1)C1=C2CCC2(C1)SCCS2. The van der Waals surface area contributed by atoms with E-state index >= 15 is 0 Å². The fraction of sp³-hybridized carbons (Fsp3) is 0.545. The zero-order chi connectivity index (χ0) is 27.7. The molecular weight excluding hydrogens is 539 g/mol. The number of ether oxygens (including phenoxy) is 3. The lowest BCUT2D eigenvalue weighted by Gasteiger charge is -2.41. The summed E-state index contributed by atoms with van der Waals surface area (Å²) in [5, 5.41) is 0. The van der Waals surface area contributed by atoms with Crippen LogP contribution >= 0.6 is 23.5 Å². The second-order valence-electron chi connectivity index (χ2n) is 12.4. The van der Waals surface area contributed by atoms with Crippen LogP contribution < -0.4 is 14.2 Å². The molecule has 1 atom stereocenters. The van der Waals surface area contributed by atoms with Gasteiger partial charge in [0.1, 0.15) is 30.0 Å². The summed E-state index contributed by atoms with van der Waals surface area (Å²) in [5.41, 5.74) is 4.52. The van der Waals surface area contributed by atoms with Crippen LogP contribution in [-0.2, 0) is 4.79 Å². The number of benzene rings is 2. The first-order chi connectivity index (χ1) is 19.3. The summed E-state index contributed by atoms with van der Waals surface area (Å²) in [7, 11) is 0. The molecule has 0 saturated carbocycles. The Kier molecular flexibility index (Phi) is 8.17. The van der Waals surface area contributed by atoms with Gasteiger partial charge in [-0.1, -0.05) is 18.6 Å². The molecule has 2 saturated heterocycles. The third kappa shape index (κ3) is 6.07. The first kappa shape index (κ1) is 28.0. The first-order valence-electron chi connectivity index (χ1n) is 14.8. The summed E-state index contributed by atoms with van der Waals surface area (Å²) < 4.78 is 18.9. The van der Waals surface area contributed by atoms with Crippen LogP contribution in [0.1, 0.15) is 76.5 Å². The third-order valence-corrected chi connectivity index (χ3v) is 11.9. The van der Waals surface area contributed by atoms with Crippen molar-refractivity contribution in [3.63, 3.8) is 0 Å². The Balaban J connectivity index is 1.24. The predicted molar refractivity (Wildman–Crippen MR) is 166 cm³/mol. The monoisotopic (exact) mass is 579 g/mol. The molecule has 0 bridgehead atoms. The first-order valence-corrected chi connectivity index (χ1v) is 16.8. The maximum atomic E-state index is 12.6. The molecule has 2 aromatic carbocycles. The molecule has 1 spiro atoms. The van der Waals surface area contributed by atoms with Crippen molar-refractivity contribution in [2.45, 2.75) is 69.5 Å². The Hall–Kier alpha value is -2.09. The number of thioether (sulfide) groups is 2. The van der Waals surface area contributed by atoms with Crippen molar-refractivity contribution in [2.24, 2.45) is 5.41 Å². The fourth-order valence-electron chi connectivity index (χ4n) is 6.12. The van der Waals surface area contributed by atoms with Gasteiger partial charge < -0.3 is 14.2 Å². The third-order valence-electron chi connectivity index (χ3n) is 8.39. The van der Waals surface area contributed by atoms with E-state index in [1.165, 1.54) is 61.4 Å². The van der Waals surface area contributed by atoms with Crippen molar-refractivity contribution in [3.8, 4) is 17.2 Å². The zero-order valence-electron chi connectivity index (χ0n) is 24.0. The summed E-state index contributed by atoms with van der Waals surface area (Å²) in [4.78, 5) is 15.1. The number of fused-ring (bicyclic) bond motifs is 2. The molecule has 0 radical (unpaired) electrons. The molecule has 3 heterocycles. The Morgan fingerprint density at radius 2 is 1.75 bits per heavy atom. The smallest absolute Gasteiger partial charge is 0.316 e. The quantitative estimate of drug-likeness (QED) is 0.256. The average Bonchev–Trinajstić information content (AvgIpc) is 3.40. The second-order valence-corrected chi connectivity index (χ2v) is 15.6. The van der Waals surface area contributed by atoms with Crippen molar-refractivity contribution >= 4 is 35.1 Å². The lowest BCUT2D eigenvalue weighted by atomic mass is 9.80. The molecule has 3 aliphatic heterocycles. The van der Waals surface area contributed by atoms with Gasteiger partial charge in [0.2, 0.25) is 0 Å². The maximum Gasteiger partial charge on any atom is 0.316 e. The minimum Gasteiger partial charge on any atom is -0.492 e. The lowest BCUT2D eigenvalue weighted by Crippen LogP contribution is -2.33. The van der Waals surface area contributed by atoms with Crippen LogP contribution in [0, 0.1) is 5.41 Å². The highest BCUT2D eigenvalue weighted by molar-refractivity contribution is 8.21. The van der Waals surface area contributed by atoms with Crippen LogP contribution in [0.15, 0.2) is 48.0 Å². The number of hydrogen-bond donors (Lipinski definition) is 0. The van der Waals surface area contributed by atoms with E-state index < -0.39 is 5.41 Å². The van der Waals surface area contributed by atoms with Gasteiger partial charge >= 0.3 is 5.97 Å². The number of carbonyl (C=O) groups is 1. The largest absolute Gasteiger partial charge is 0.492 e. The normalized spacial score (nSPS) is 22.4. The molecule has 0 aromatic heterocycles. The summed E-state index contributed by atoms with van der Waals surface area (Å²) >= 11 is 4.25. The van der Waals surface area contributed by atoms with E-state index in [1.807, 2.05) is 32.9 Å². The number of piperidine rings is 1. The fourth-order valence-corrected chi connectivity index (χ4v) is 9.37. The number of allylic oxidation sites excluding steroid dienone is 1. The molecule has 2 aromatic rings.